The highest BCUT2D eigenvalue weighted by atomic mass is 19.4. The molecule has 1 aliphatic heterocycles. The summed E-state index contributed by atoms with van der Waals surface area (Å²) in [6.45, 7) is 4.07. The third-order valence-electron chi connectivity index (χ3n) is 4.65. The Balaban J connectivity index is 1.70. The third-order valence-corrected chi connectivity index (χ3v) is 4.65. The van der Waals surface area contributed by atoms with Gasteiger partial charge in [-0.3, -0.25) is 4.90 Å². The molecule has 2 aromatic rings. The summed E-state index contributed by atoms with van der Waals surface area (Å²) in [6.07, 6.45) is -3.03. The lowest BCUT2D eigenvalue weighted by atomic mass is 9.85. The van der Waals surface area contributed by atoms with E-state index in [1.165, 1.54) is 18.2 Å². The molecule has 26 heavy (non-hydrogen) atoms. The van der Waals surface area contributed by atoms with Crippen LogP contribution in [-0.4, -0.2) is 39.1 Å². The normalized spacial score (nSPS) is 18.0. The second-order valence-corrected chi connectivity index (χ2v) is 6.32. The minimum absolute atomic E-state index is 0.0475. The van der Waals surface area contributed by atoms with E-state index in [4.69, 9.17) is 0 Å². The van der Waals surface area contributed by atoms with Crippen LogP contribution >= 0.6 is 0 Å². The molecule has 142 valence electrons. The zero-order valence-corrected chi connectivity index (χ0v) is 14.3. The number of nitrogens with zero attached hydrogens (tertiary/aromatic N) is 4. The van der Waals surface area contributed by atoms with Gasteiger partial charge in [0, 0.05) is 25.2 Å². The molecule has 0 aliphatic carbocycles. The maximum absolute atomic E-state index is 15.4. The van der Waals surface area contributed by atoms with Crippen LogP contribution < -0.4 is 4.74 Å². The summed E-state index contributed by atoms with van der Waals surface area (Å²) >= 11 is 0. The molecule has 9 heteroatoms. The van der Waals surface area contributed by atoms with Crippen molar-refractivity contribution in [3.8, 4) is 5.75 Å². The Hall–Kier alpha value is -2.16. The van der Waals surface area contributed by atoms with Crippen LogP contribution in [0.2, 0.25) is 0 Å². The van der Waals surface area contributed by atoms with Crippen molar-refractivity contribution in [3.63, 3.8) is 0 Å². The van der Waals surface area contributed by atoms with Crippen LogP contribution in [0.5, 0.6) is 5.75 Å². The van der Waals surface area contributed by atoms with E-state index in [1.54, 1.807) is 6.33 Å². The maximum atomic E-state index is 15.4. The fourth-order valence-corrected chi connectivity index (χ4v) is 3.25. The second kappa shape index (κ2) is 7.22. The van der Waals surface area contributed by atoms with Crippen molar-refractivity contribution in [2.45, 2.75) is 44.9 Å². The highest BCUT2D eigenvalue weighted by molar-refractivity contribution is 5.38. The lowest BCUT2D eigenvalue weighted by Crippen LogP contribution is -2.40. The van der Waals surface area contributed by atoms with E-state index in [1.807, 2.05) is 16.4 Å². The number of ether oxygens (including phenoxy) is 1. The molecule has 1 aromatic heterocycles. The van der Waals surface area contributed by atoms with Gasteiger partial charge in [0.2, 0.25) is 0 Å². The van der Waals surface area contributed by atoms with Gasteiger partial charge in [-0.15, -0.1) is 23.4 Å². The van der Waals surface area contributed by atoms with Crippen LogP contribution in [0.3, 0.4) is 0 Å². The van der Waals surface area contributed by atoms with E-state index >= 15 is 4.39 Å². The van der Waals surface area contributed by atoms with Gasteiger partial charge < -0.3 is 9.30 Å². The van der Waals surface area contributed by atoms with Gasteiger partial charge in [0.1, 0.15) is 23.6 Å². The molecular formula is C17H20F4N4O. The molecule has 3 rings (SSSR count). The van der Waals surface area contributed by atoms with Crippen molar-refractivity contribution in [2.75, 3.05) is 13.1 Å². The lowest BCUT2D eigenvalue weighted by molar-refractivity contribution is -0.275. The second-order valence-electron chi connectivity index (χ2n) is 6.32. The Labute approximate surface area is 148 Å². The van der Waals surface area contributed by atoms with E-state index in [2.05, 4.69) is 14.9 Å². The predicted octanol–water partition coefficient (Wildman–Crippen LogP) is 3.66. The highest BCUT2D eigenvalue weighted by Crippen LogP contribution is 2.42. The van der Waals surface area contributed by atoms with Crippen molar-refractivity contribution in [1.29, 1.82) is 0 Å². The first-order valence-electron chi connectivity index (χ1n) is 8.44. The van der Waals surface area contributed by atoms with Gasteiger partial charge in [0.25, 0.3) is 0 Å². The fourth-order valence-electron chi connectivity index (χ4n) is 3.25. The molecule has 2 heterocycles. The number of benzene rings is 1. The van der Waals surface area contributed by atoms with Crippen molar-refractivity contribution in [1.82, 2.24) is 19.7 Å². The van der Waals surface area contributed by atoms with E-state index in [0.717, 1.165) is 18.4 Å². The molecule has 1 fully saturated rings. The number of hydrogen-bond acceptors (Lipinski definition) is 4. The summed E-state index contributed by atoms with van der Waals surface area (Å²) in [7, 11) is 0. The zero-order valence-electron chi connectivity index (χ0n) is 14.3. The number of aromatic nitrogens is 3. The fraction of sp³-hybridized carbons (Fsp3) is 0.529. The molecule has 1 aromatic carbocycles. The number of aryl methyl sites for hydroxylation is 1. The number of halogens is 4. The Morgan fingerprint density at radius 2 is 1.88 bits per heavy atom. The Bertz CT molecular complexity index is 738. The lowest BCUT2D eigenvalue weighted by Gasteiger charge is -2.37. The number of likely N-dealkylation sites (tertiary alicyclic amines) is 1. The maximum Gasteiger partial charge on any atom is 0.573 e. The summed E-state index contributed by atoms with van der Waals surface area (Å²) in [5, 5.41) is 7.93. The molecule has 0 N–H and O–H groups in total. The Morgan fingerprint density at radius 1 is 1.19 bits per heavy atom. The molecule has 0 saturated carbocycles. The van der Waals surface area contributed by atoms with Crippen LogP contribution in [-0.2, 0) is 18.8 Å². The van der Waals surface area contributed by atoms with Crippen molar-refractivity contribution in [3.05, 3.63) is 42.0 Å². The van der Waals surface area contributed by atoms with Crippen molar-refractivity contribution >= 4 is 0 Å². The molecule has 1 aliphatic rings. The minimum atomic E-state index is -4.85. The average molecular weight is 372 g/mol. The Morgan fingerprint density at radius 3 is 2.54 bits per heavy atom. The van der Waals surface area contributed by atoms with Gasteiger partial charge in [0.15, 0.2) is 0 Å². The van der Waals surface area contributed by atoms with Gasteiger partial charge in [0.05, 0.1) is 6.54 Å². The first-order chi connectivity index (χ1) is 12.3. The molecule has 0 amide bonds. The molecule has 0 atom stereocenters. The molecule has 5 nitrogen and oxygen atoms in total. The number of piperidine rings is 1. The largest absolute Gasteiger partial charge is 0.573 e. The van der Waals surface area contributed by atoms with Crippen LogP contribution in [0.4, 0.5) is 17.6 Å². The summed E-state index contributed by atoms with van der Waals surface area (Å²) in [5.74, 6) is 0.321. The summed E-state index contributed by atoms with van der Waals surface area (Å²) in [5.41, 5.74) is -1.90. The molecule has 0 unspecified atom stereocenters. The van der Waals surface area contributed by atoms with E-state index in [-0.39, 0.29) is 18.4 Å². The topological polar surface area (TPSA) is 43.2 Å². The van der Waals surface area contributed by atoms with Gasteiger partial charge in [-0.05, 0) is 25.8 Å². The Kier molecular flexibility index (Phi) is 5.17. The summed E-state index contributed by atoms with van der Waals surface area (Å²) in [4.78, 5) is 2.03. The first-order valence-corrected chi connectivity index (χ1v) is 8.44. The van der Waals surface area contributed by atoms with Gasteiger partial charge in [-0.2, -0.15) is 0 Å². The summed E-state index contributed by atoms with van der Waals surface area (Å²) < 4.78 is 59.1. The van der Waals surface area contributed by atoms with E-state index in [0.29, 0.717) is 19.6 Å². The van der Waals surface area contributed by atoms with Gasteiger partial charge in [-0.25, -0.2) is 4.39 Å². The van der Waals surface area contributed by atoms with Gasteiger partial charge >= 0.3 is 6.36 Å². The molecule has 0 radical (unpaired) electrons. The van der Waals surface area contributed by atoms with Gasteiger partial charge in [-0.1, -0.05) is 18.2 Å². The zero-order chi connectivity index (χ0) is 18.8. The quantitative estimate of drug-likeness (QED) is 0.752. The van der Waals surface area contributed by atoms with Crippen LogP contribution in [0, 0.1) is 0 Å². The number of alkyl halides is 4. The molecule has 0 bridgehead atoms. The molecular weight excluding hydrogens is 352 g/mol. The van der Waals surface area contributed by atoms with Crippen LogP contribution in [0.25, 0.3) is 0 Å². The molecule has 1 saturated heterocycles. The third kappa shape index (κ3) is 4.14. The minimum Gasteiger partial charge on any atom is -0.405 e. The SMILES string of the molecule is CCn1cnnc1CN1CCC(F)(c2ccccc2OC(F)(F)F)CC1. The average Bonchev–Trinajstić information content (AvgIpc) is 3.03. The van der Waals surface area contributed by atoms with Crippen molar-refractivity contribution in [2.24, 2.45) is 0 Å². The van der Waals surface area contributed by atoms with Crippen LogP contribution in [0.15, 0.2) is 30.6 Å². The summed E-state index contributed by atoms with van der Waals surface area (Å²) in [6, 6.07) is 5.45. The monoisotopic (exact) mass is 372 g/mol. The predicted molar refractivity (Wildman–Crippen MR) is 86.1 cm³/mol. The van der Waals surface area contributed by atoms with E-state index < -0.39 is 17.8 Å². The van der Waals surface area contributed by atoms with E-state index in [9.17, 15) is 13.2 Å². The highest BCUT2D eigenvalue weighted by Gasteiger charge is 2.41. The first kappa shape index (κ1) is 18.6. The number of rotatable bonds is 5. The smallest absolute Gasteiger partial charge is 0.405 e. The molecule has 0 spiro atoms. The van der Waals surface area contributed by atoms with Crippen molar-refractivity contribution < 1.29 is 22.3 Å². The number of hydrogen-bond donors (Lipinski definition) is 0. The number of para-hydroxylation sites is 1. The standard InChI is InChI=1S/C17H20F4N4O/c1-2-25-12-22-23-15(25)11-24-9-7-16(18,8-10-24)13-5-3-4-6-14(13)26-17(19,20)21/h3-6,12H,2,7-11H2,1H3. The van der Waals surface area contributed by atoms with Crippen LogP contribution in [0.1, 0.15) is 31.2 Å².